The van der Waals surface area contributed by atoms with Gasteiger partial charge in [-0.3, -0.25) is 5.10 Å². The molecule has 3 rings (SSSR count). The van der Waals surface area contributed by atoms with Crippen molar-refractivity contribution in [3.8, 4) is 11.4 Å². The number of aromatic nitrogens is 3. The van der Waals surface area contributed by atoms with Gasteiger partial charge in [0.1, 0.15) is 5.82 Å². The van der Waals surface area contributed by atoms with Crippen LogP contribution in [-0.2, 0) is 0 Å². The highest BCUT2D eigenvalue weighted by molar-refractivity contribution is 6.30. The Morgan fingerprint density at radius 2 is 2.29 bits per heavy atom. The van der Waals surface area contributed by atoms with E-state index in [1.807, 2.05) is 24.3 Å². The summed E-state index contributed by atoms with van der Waals surface area (Å²) in [6.45, 7) is 2.03. The summed E-state index contributed by atoms with van der Waals surface area (Å²) in [6.07, 6.45) is 1.12. The highest BCUT2D eigenvalue weighted by atomic mass is 35.5. The van der Waals surface area contributed by atoms with Gasteiger partial charge in [0.15, 0.2) is 5.82 Å². The fourth-order valence-electron chi connectivity index (χ4n) is 2.10. The monoisotopic (exact) mass is 248 g/mol. The fourth-order valence-corrected chi connectivity index (χ4v) is 2.29. The predicted octanol–water partition coefficient (Wildman–Crippen LogP) is 2.20. The molecule has 5 heteroatoms. The maximum atomic E-state index is 5.95. The molecule has 2 heterocycles. The summed E-state index contributed by atoms with van der Waals surface area (Å²) >= 11 is 5.95. The minimum atomic E-state index is 0.454. The zero-order valence-electron chi connectivity index (χ0n) is 9.28. The lowest BCUT2D eigenvalue weighted by molar-refractivity contribution is 0.706. The van der Waals surface area contributed by atoms with Gasteiger partial charge in [-0.05, 0) is 25.1 Å². The minimum absolute atomic E-state index is 0.454. The van der Waals surface area contributed by atoms with Crippen LogP contribution in [0, 0.1) is 0 Å². The molecule has 4 nitrogen and oxygen atoms in total. The summed E-state index contributed by atoms with van der Waals surface area (Å²) in [6, 6.07) is 7.59. The maximum Gasteiger partial charge on any atom is 0.181 e. The summed E-state index contributed by atoms with van der Waals surface area (Å²) in [7, 11) is 0. The number of hydrogen-bond donors (Lipinski definition) is 2. The van der Waals surface area contributed by atoms with Crippen molar-refractivity contribution < 1.29 is 0 Å². The van der Waals surface area contributed by atoms with Gasteiger partial charge in [0, 0.05) is 23.0 Å². The summed E-state index contributed by atoms with van der Waals surface area (Å²) < 4.78 is 0. The molecular formula is C12H13ClN4. The average molecular weight is 249 g/mol. The summed E-state index contributed by atoms with van der Waals surface area (Å²) in [4.78, 5) is 4.54. The van der Waals surface area contributed by atoms with Crippen molar-refractivity contribution in [3.63, 3.8) is 0 Å². The number of rotatable bonds is 2. The van der Waals surface area contributed by atoms with Gasteiger partial charge >= 0.3 is 0 Å². The lowest BCUT2D eigenvalue weighted by Gasteiger charge is -2.01. The normalized spacial score (nSPS) is 19.7. The summed E-state index contributed by atoms with van der Waals surface area (Å²) in [5.41, 5.74) is 0.950. The van der Waals surface area contributed by atoms with Crippen molar-refractivity contribution in [1.29, 1.82) is 0 Å². The highest BCUT2D eigenvalue weighted by Gasteiger charge is 2.20. The quantitative estimate of drug-likeness (QED) is 0.857. The summed E-state index contributed by atoms with van der Waals surface area (Å²) in [5.74, 6) is 2.13. The number of halogens is 1. The predicted molar refractivity (Wildman–Crippen MR) is 67.1 cm³/mol. The van der Waals surface area contributed by atoms with E-state index in [4.69, 9.17) is 11.6 Å². The first-order valence-electron chi connectivity index (χ1n) is 5.72. The Balaban J connectivity index is 1.89. The third-order valence-electron chi connectivity index (χ3n) is 3.03. The van der Waals surface area contributed by atoms with Crippen molar-refractivity contribution >= 4 is 11.6 Å². The molecule has 1 saturated heterocycles. The van der Waals surface area contributed by atoms with Crippen molar-refractivity contribution in [3.05, 3.63) is 35.1 Å². The second-order valence-electron chi connectivity index (χ2n) is 4.24. The van der Waals surface area contributed by atoms with E-state index in [0.717, 1.165) is 36.7 Å². The Morgan fingerprint density at radius 1 is 1.35 bits per heavy atom. The van der Waals surface area contributed by atoms with E-state index in [1.165, 1.54) is 0 Å². The first-order chi connectivity index (χ1) is 8.33. The number of nitrogens with one attached hydrogen (secondary N) is 2. The van der Waals surface area contributed by atoms with E-state index in [1.54, 1.807) is 0 Å². The molecule has 1 aromatic carbocycles. The topological polar surface area (TPSA) is 53.6 Å². The van der Waals surface area contributed by atoms with Gasteiger partial charge in [-0.1, -0.05) is 23.7 Å². The number of benzene rings is 1. The van der Waals surface area contributed by atoms with E-state index in [-0.39, 0.29) is 0 Å². The molecule has 1 aliphatic heterocycles. The number of aromatic amines is 1. The van der Waals surface area contributed by atoms with Gasteiger partial charge in [0.05, 0.1) is 0 Å². The highest BCUT2D eigenvalue weighted by Crippen LogP contribution is 2.23. The molecule has 1 aromatic heterocycles. The Kier molecular flexibility index (Phi) is 2.82. The van der Waals surface area contributed by atoms with Crippen LogP contribution in [0.5, 0.6) is 0 Å². The second-order valence-corrected chi connectivity index (χ2v) is 4.68. The Hall–Kier alpha value is -1.39. The molecule has 1 fully saturated rings. The zero-order valence-corrected chi connectivity index (χ0v) is 10.0. The van der Waals surface area contributed by atoms with E-state index in [2.05, 4.69) is 20.5 Å². The van der Waals surface area contributed by atoms with Crippen LogP contribution in [0.25, 0.3) is 11.4 Å². The largest absolute Gasteiger partial charge is 0.316 e. The van der Waals surface area contributed by atoms with E-state index >= 15 is 0 Å². The van der Waals surface area contributed by atoms with Crippen molar-refractivity contribution in [1.82, 2.24) is 20.5 Å². The van der Waals surface area contributed by atoms with Crippen molar-refractivity contribution in [2.75, 3.05) is 13.1 Å². The number of H-pyrrole nitrogens is 1. The third kappa shape index (κ3) is 2.18. The lowest BCUT2D eigenvalue weighted by atomic mass is 10.1. The van der Waals surface area contributed by atoms with Crippen LogP contribution in [0.4, 0.5) is 0 Å². The molecular weight excluding hydrogens is 236 g/mol. The summed E-state index contributed by atoms with van der Waals surface area (Å²) in [5, 5.41) is 11.3. The molecule has 17 heavy (non-hydrogen) atoms. The first kappa shape index (κ1) is 10.7. The lowest BCUT2D eigenvalue weighted by Crippen LogP contribution is -2.08. The average Bonchev–Trinajstić information content (AvgIpc) is 3.00. The molecule has 1 aliphatic rings. The van der Waals surface area contributed by atoms with Crippen molar-refractivity contribution in [2.45, 2.75) is 12.3 Å². The molecule has 2 N–H and O–H groups in total. The van der Waals surface area contributed by atoms with Crippen LogP contribution < -0.4 is 5.32 Å². The van der Waals surface area contributed by atoms with Gasteiger partial charge < -0.3 is 5.32 Å². The van der Waals surface area contributed by atoms with Crippen LogP contribution in [0.3, 0.4) is 0 Å². The molecule has 0 saturated carbocycles. The molecule has 0 spiro atoms. The van der Waals surface area contributed by atoms with E-state index in [9.17, 15) is 0 Å². The molecule has 0 bridgehead atoms. The van der Waals surface area contributed by atoms with Gasteiger partial charge in [0.25, 0.3) is 0 Å². The standard InChI is InChI=1S/C12H13ClN4/c13-10-3-1-2-8(6-10)11-15-12(17-16-11)9-4-5-14-7-9/h1-3,6,9,14H,4-5,7H2,(H,15,16,17). The van der Waals surface area contributed by atoms with Crippen molar-refractivity contribution in [2.24, 2.45) is 0 Å². The molecule has 0 aliphatic carbocycles. The SMILES string of the molecule is Clc1cccc(-c2n[nH]c(C3CCNC3)n2)c1. The third-order valence-corrected chi connectivity index (χ3v) is 3.27. The van der Waals surface area contributed by atoms with E-state index in [0.29, 0.717) is 10.9 Å². The smallest absolute Gasteiger partial charge is 0.181 e. The van der Waals surface area contributed by atoms with Gasteiger partial charge in [-0.2, -0.15) is 5.10 Å². The van der Waals surface area contributed by atoms with Crippen LogP contribution in [0.2, 0.25) is 5.02 Å². The van der Waals surface area contributed by atoms with Gasteiger partial charge in [0.2, 0.25) is 0 Å². The van der Waals surface area contributed by atoms with E-state index < -0.39 is 0 Å². The van der Waals surface area contributed by atoms with Crippen LogP contribution >= 0.6 is 11.6 Å². The minimum Gasteiger partial charge on any atom is -0.316 e. The molecule has 0 amide bonds. The number of hydrogen-bond acceptors (Lipinski definition) is 3. The molecule has 1 atom stereocenters. The maximum absolute atomic E-state index is 5.95. The number of nitrogens with zero attached hydrogens (tertiary/aromatic N) is 2. The Bertz CT molecular complexity index is 517. The fraction of sp³-hybridized carbons (Fsp3) is 0.333. The first-order valence-corrected chi connectivity index (χ1v) is 6.10. The second kappa shape index (κ2) is 4.47. The Labute approximate surface area is 104 Å². The van der Waals surface area contributed by atoms with Gasteiger partial charge in [-0.25, -0.2) is 4.98 Å². The van der Waals surface area contributed by atoms with Crippen LogP contribution in [0.15, 0.2) is 24.3 Å². The Morgan fingerprint density at radius 3 is 3.06 bits per heavy atom. The van der Waals surface area contributed by atoms with Crippen LogP contribution in [0.1, 0.15) is 18.2 Å². The van der Waals surface area contributed by atoms with Crippen LogP contribution in [-0.4, -0.2) is 28.3 Å². The zero-order chi connectivity index (χ0) is 11.7. The molecule has 2 aromatic rings. The molecule has 88 valence electrons. The van der Waals surface area contributed by atoms with Gasteiger partial charge in [-0.15, -0.1) is 0 Å². The molecule has 1 unspecified atom stereocenters. The molecule has 0 radical (unpaired) electrons.